The minimum absolute atomic E-state index is 0.199. The van der Waals surface area contributed by atoms with Crippen LogP contribution in [0.3, 0.4) is 0 Å². The third-order valence-electron chi connectivity index (χ3n) is 3.50. The van der Waals surface area contributed by atoms with Crippen molar-refractivity contribution in [3.05, 3.63) is 29.6 Å². The largest absolute Gasteiger partial charge is 0.399 e. The molecule has 0 spiro atoms. The second-order valence-corrected chi connectivity index (χ2v) is 4.84. The second-order valence-electron chi connectivity index (χ2n) is 4.84. The summed E-state index contributed by atoms with van der Waals surface area (Å²) in [5, 5.41) is 0. The Hall–Kier alpha value is -1.09. The van der Waals surface area contributed by atoms with Gasteiger partial charge in [0.25, 0.3) is 0 Å². The van der Waals surface area contributed by atoms with E-state index in [9.17, 15) is 4.39 Å². The molecule has 0 amide bonds. The molecule has 0 saturated heterocycles. The number of anilines is 1. The molecule has 1 aromatic rings. The maximum Gasteiger partial charge on any atom is 0.129 e. The summed E-state index contributed by atoms with van der Waals surface area (Å²) in [6.45, 7) is 2.87. The van der Waals surface area contributed by atoms with Gasteiger partial charge in [0.15, 0.2) is 0 Å². The van der Waals surface area contributed by atoms with Crippen LogP contribution in [0.25, 0.3) is 0 Å². The normalized spacial score (nSPS) is 17.8. The monoisotopic (exact) mass is 222 g/mol. The fourth-order valence-electron chi connectivity index (χ4n) is 2.04. The Morgan fingerprint density at radius 3 is 2.75 bits per heavy atom. The Kier molecular flexibility index (Phi) is 3.15. The topological polar surface area (TPSA) is 29.3 Å². The van der Waals surface area contributed by atoms with E-state index in [-0.39, 0.29) is 5.82 Å². The number of halogens is 1. The SMILES string of the molecule is CC(C1CC1)N(C)Cc1ccc(N)cc1F. The molecule has 1 atom stereocenters. The summed E-state index contributed by atoms with van der Waals surface area (Å²) in [7, 11) is 2.05. The molecule has 0 radical (unpaired) electrons. The zero-order valence-corrected chi connectivity index (χ0v) is 9.91. The molecule has 1 aliphatic rings. The summed E-state index contributed by atoms with van der Waals surface area (Å²) in [4.78, 5) is 2.21. The first kappa shape index (κ1) is 11.4. The van der Waals surface area contributed by atoms with E-state index in [1.54, 1.807) is 12.1 Å². The Bertz CT molecular complexity index is 374. The smallest absolute Gasteiger partial charge is 0.129 e. The summed E-state index contributed by atoms with van der Waals surface area (Å²) >= 11 is 0. The Balaban J connectivity index is 2.02. The predicted octanol–water partition coefficient (Wildman–Crippen LogP) is 2.64. The van der Waals surface area contributed by atoms with E-state index in [4.69, 9.17) is 5.73 Å². The molecular formula is C13H19FN2. The first-order chi connectivity index (χ1) is 7.58. The average molecular weight is 222 g/mol. The minimum Gasteiger partial charge on any atom is -0.399 e. The van der Waals surface area contributed by atoms with Gasteiger partial charge < -0.3 is 5.73 Å². The number of hydrogen-bond acceptors (Lipinski definition) is 2. The summed E-state index contributed by atoms with van der Waals surface area (Å²) in [6, 6.07) is 5.47. The van der Waals surface area contributed by atoms with Gasteiger partial charge in [-0.05, 0) is 44.9 Å². The number of nitrogens with zero attached hydrogens (tertiary/aromatic N) is 1. The maximum absolute atomic E-state index is 13.6. The zero-order valence-electron chi connectivity index (χ0n) is 9.91. The molecule has 1 fully saturated rings. The van der Waals surface area contributed by atoms with Gasteiger partial charge in [0.2, 0.25) is 0 Å². The van der Waals surface area contributed by atoms with Crippen LogP contribution in [0.5, 0.6) is 0 Å². The summed E-state index contributed by atoms with van der Waals surface area (Å²) in [6.07, 6.45) is 2.63. The molecule has 16 heavy (non-hydrogen) atoms. The van der Waals surface area contributed by atoms with E-state index >= 15 is 0 Å². The van der Waals surface area contributed by atoms with E-state index in [1.807, 2.05) is 0 Å². The van der Waals surface area contributed by atoms with Crippen molar-refractivity contribution in [2.24, 2.45) is 5.92 Å². The lowest BCUT2D eigenvalue weighted by Gasteiger charge is -2.24. The van der Waals surface area contributed by atoms with Crippen molar-refractivity contribution in [3.63, 3.8) is 0 Å². The van der Waals surface area contributed by atoms with Crippen LogP contribution in [0.4, 0.5) is 10.1 Å². The fraction of sp³-hybridized carbons (Fsp3) is 0.538. The molecule has 0 aromatic heterocycles. The Labute approximate surface area is 96.2 Å². The van der Waals surface area contributed by atoms with Crippen LogP contribution in [0.15, 0.2) is 18.2 Å². The van der Waals surface area contributed by atoms with Gasteiger partial charge in [0, 0.05) is 23.8 Å². The van der Waals surface area contributed by atoms with Gasteiger partial charge in [-0.2, -0.15) is 0 Å². The van der Waals surface area contributed by atoms with Crippen molar-refractivity contribution in [1.29, 1.82) is 0 Å². The molecule has 0 bridgehead atoms. The van der Waals surface area contributed by atoms with Gasteiger partial charge in [0.1, 0.15) is 5.82 Å². The number of benzene rings is 1. The van der Waals surface area contributed by atoms with E-state index in [0.717, 1.165) is 11.5 Å². The molecule has 88 valence electrons. The van der Waals surface area contributed by atoms with Crippen LogP contribution in [-0.2, 0) is 6.54 Å². The standard InChI is InChI=1S/C13H19FN2/c1-9(10-3-4-10)16(2)8-11-5-6-12(15)7-13(11)14/h5-7,9-10H,3-4,8,15H2,1-2H3. The Morgan fingerprint density at radius 1 is 1.50 bits per heavy atom. The van der Waals surface area contributed by atoms with Crippen LogP contribution in [-0.4, -0.2) is 18.0 Å². The number of nitrogens with two attached hydrogens (primary N) is 1. The molecule has 1 unspecified atom stereocenters. The molecule has 2 rings (SSSR count). The highest BCUT2D eigenvalue weighted by Crippen LogP contribution is 2.35. The van der Waals surface area contributed by atoms with Gasteiger partial charge >= 0.3 is 0 Å². The van der Waals surface area contributed by atoms with Crippen LogP contribution in [0.2, 0.25) is 0 Å². The average Bonchev–Trinajstić information content (AvgIpc) is 3.04. The van der Waals surface area contributed by atoms with Crippen molar-refractivity contribution in [2.75, 3.05) is 12.8 Å². The summed E-state index contributed by atoms with van der Waals surface area (Å²) in [5.74, 6) is 0.608. The van der Waals surface area contributed by atoms with Gasteiger partial charge in [0.05, 0.1) is 0 Å². The summed E-state index contributed by atoms with van der Waals surface area (Å²) in [5.41, 5.74) is 6.73. The van der Waals surface area contributed by atoms with Crippen molar-refractivity contribution in [3.8, 4) is 0 Å². The van der Waals surface area contributed by atoms with Crippen LogP contribution < -0.4 is 5.73 Å². The third kappa shape index (κ3) is 2.53. The van der Waals surface area contributed by atoms with Gasteiger partial charge in [-0.25, -0.2) is 4.39 Å². The highest BCUT2D eigenvalue weighted by atomic mass is 19.1. The number of hydrogen-bond donors (Lipinski definition) is 1. The van der Waals surface area contributed by atoms with Gasteiger partial charge in [-0.3, -0.25) is 4.90 Å². The lowest BCUT2D eigenvalue weighted by Crippen LogP contribution is -2.30. The lowest BCUT2D eigenvalue weighted by atomic mass is 10.1. The van der Waals surface area contributed by atoms with Crippen molar-refractivity contribution >= 4 is 5.69 Å². The summed E-state index contributed by atoms with van der Waals surface area (Å²) < 4.78 is 13.6. The first-order valence-corrected chi connectivity index (χ1v) is 5.82. The van der Waals surface area contributed by atoms with Crippen LogP contribution in [0, 0.1) is 11.7 Å². The minimum atomic E-state index is -0.199. The zero-order chi connectivity index (χ0) is 11.7. The van der Waals surface area contributed by atoms with Crippen molar-refractivity contribution in [2.45, 2.75) is 32.4 Å². The molecule has 2 nitrogen and oxygen atoms in total. The maximum atomic E-state index is 13.6. The molecule has 2 N–H and O–H groups in total. The van der Waals surface area contributed by atoms with Crippen molar-refractivity contribution in [1.82, 2.24) is 4.90 Å². The highest BCUT2D eigenvalue weighted by Gasteiger charge is 2.30. The quantitative estimate of drug-likeness (QED) is 0.793. The van der Waals surface area contributed by atoms with E-state index in [1.165, 1.54) is 18.9 Å². The Morgan fingerprint density at radius 2 is 2.19 bits per heavy atom. The van der Waals surface area contributed by atoms with E-state index in [2.05, 4.69) is 18.9 Å². The molecule has 0 aliphatic heterocycles. The van der Waals surface area contributed by atoms with Crippen LogP contribution in [0.1, 0.15) is 25.3 Å². The van der Waals surface area contributed by atoms with E-state index < -0.39 is 0 Å². The number of rotatable bonds is 4. The van der Waals surface area contributed by atoms with Gasteiger partial charge in [-0.1, -0.05) is 6.07 Å². The predicted molar refractivity (Wildman–Crippen MR) is 64.5 cm³/mol. The highest BCUT2D eigenvalue weighted by molar-refractivity contribution is 5.40. The van der Waals surface area contributed by atoms with E-state index in [0.29, 0.717) is 18.3 Å². The molecule has 0 heterocycles. The molecule has 1 aliphatic carbocycles. The lowest BCUT2D eigenvalue weighted by molar-refractivity contribution is 0.224. The molecule has 1 saturated carbocycles. The van der Waals surface area contributed by atoms with Crippen LogP contribution >= 0.6 is 0 Å². The molecule has 1 aromatic carbocycles. The molecule has 3 heteroatoms. The first-order valence-electron chi connectivity index (χ1n) is 5.82. The molecular weight excluding hydrogens is 203 g/mol. The number of nitrogen functional groups attached to an aromatic ring is 1. The third-order valence-corrected chi connectivity index (χ3v) is 3.50. The van der Waals surface area contributed by atoms with Crippen molar-refractivity contribution < 1.29 is 4.39 Å². The fourth-order valence-corrected chi connectivity index (χ4v) is 2.04. The second kappa shape index (κ2) is 4.42. The van der Waals surface area contributed by atoms with Gasteiger partial charge in [-0.15, -0.1) is 0 Å².